The van der Waals surface area contributed by atoms with E-state index in [0.717, 1.165) is 38.0 Å². The van der Waals surface area contributed by atoms with Gasteiger partial charge in [0.25, 0.3) is 0 Å². The predicted octanol–water partition coefficient (Wildman–Crippen LogP) is 4.28. The van der Waals surface area contributed by atoms with Crippen molar-refractivity contribution in [3.05, 3.63) is 41.4 Å². The van der Waals surface area contributed by atoms with E-state index in [2.05, 4.69) is 18.7 Å². The third-order valence-corrected chi connectivity index (χ3v) is 3.20. The Morgan fingerprint density at radius 2 is 2.11 bits per heavy atom. The monoisotopic (exact) mass is 266 g/mol. The Labute approximate surface area is 114 Å². The van der Waals surface area contributed by atoms with Gasteiger partial charge in [0.1, 0.15) is 5.75 Å². The number of hydrogen-bond donors (Lipinski definition) is 0. The van der Waals surface area contributed by atoms with Crippen molar-refractivity contribution in [2.75, 3.05) is 6.61 Å². The fourth-order valence-corrected chi connectivity index (χ4v) is 2.07. The molecule has 0 unspecified atom stereocenters. The highest BCUT2D eigenvalue weighted by molar-refractivity contribution is 6.29. The standard InChI is InChI=1S/C15H19ClO2/c1-12(16)5-6-13-7-9-14(10-8-13)18-15-4-2-3-11-17-15/h7-10,15H,1-6,11H2/t15-/m0/s1. The largest absolute Gasteiger partial charge is 0.465 e. The summed E-state index contributed by atoms with van der Waals surface area (Å²) in [4.78, 5) is 0. The normalized spacial score (nSPS) is 19.5. The molecule has 2 rings (SSSR count). The van der Waals surface area contributed by atoms with E-state index in [9.17, 15) is 0 Å². The quantitative estimate of drug-likeness (QED) is 0.792. The molecule has 1 fully saturated rings. The number of aryl methyl sites for hydroxylation is 1. The van der Waals surface area contributed by atoms with Crippen LogP contribution in [0.2, 0.25) is 0 Å². The van der Waals surface area contributed by atoms with Crippen molar-refractivity contribution >= 4 is 11.6 Å². The van der Waals surface area contributed by atoms with Gasteiger partial charge in [-0.15, -0.1) is 0 Å². The Bertz CT molecular complexity index is 380. The lowest BCUT2D eigenvalue weighted by molar-refractivity contribution is -0.105. The minimum atomic E-state index is -0.0766. The third kappa shape index (κ3) is 4.35. The van der Waals surface area contributed by atoms with Gasteiger partial charge in [0, 0.05) is 11.5 Å². The van der Waals surface area contributed by atoms with Crippen molar-refractivity contribution < 1.29 is 9.47 Å². The van der Waals surface area contributed by atoms with E-state index < -0.39 is 0 Å². The number of allylic oxidation sites excluding steroid dienone is 1. The first-order valence-electron chi connectivity index (χ1n) is 6.44. The van der Waals surface area contributed by atoms with Gasteiger partial charge in [0.05, 0.1) is 6.61 Å². The molecule has 2 nitrogen and oxygen atoms in total. The molecule has 1 aromatic rings. The van der Waals surface area contributed by atoms with Gasteiger partial charge in [0.2, 0.25) is 0 Å². The highest BCUT2D eigenvalue weighted by Crippen LogP contribution is 2.20. The van der Waals surface area contributed by atoms with E-state index in [4.69, 9.17) is 21.1 Å². The summed E-state index contributed by atoms with van der Waals surface area (Å²) in [6, 6.07) is 8.12. The van der Waals surface area contributed by atoms with Crippen LogP contribution >= 0.6 is 11.6 Å². The summed E-state index contributed by atoms with van der Waals surface area (Å²) in [6.45, 7) is 4.50. The molecule has 0 bridgehead atoms. The Kier molecular flexibility index (Phi) is 5.09. The van der Waals surface area contributed by atoms with Gasteiger partial charge in [-0.25, -0.2) is 0 Å². The van der Waals surface area contributed by atoms with Crippen LogP contribution in [0.4, 0.5) is 0 Å². The lowest BCUT2D eigenvalue weighted by atomic mass is 10.1. The molecule has 1 heterocycles. The number of ether oxygens (including phenoxy) is 2. The number of hydrogen-bond acceptors (Lipinski definition) is 2. The van der Waals surface area contributed by atoms with E-state index in [1.165, 1.54) is 12.0 Å². The van der Waals surface area contributed by atoms with Crippen LogP contribution in [-0.2, 0) is 11.2 Å². The summed E-state index contributed by atoms with van der Waals surface area (Å²) in [5.74, 6) is 0.871. The molecule has 98 valence electrons. The van der Waals surface area contributed by atoms with Crippen LogP contribution in [-0.4, -0.2) is 12.9 Å². The van der Waals surface area contributed by atoms with Crippen LogP contribution in [0, 0.1) is 0 Å². The van der Waals surface area contributed by atoms with Gasteiger partial charge in [-0.05, 0) is 43.4 Å². The molecule has 0 radical (unpaired) electrons. The highest BCUT2D eigenvalue weighted by atomic mass is 35.5. The molecule has 0 aliphatic carbocycles. The molecule has 18 heavy (non-hydrogen) atoms. The summed E-state index contributed by atoms with van der Waals surface area (Å²) < 4.78 is 11.3. The maximum absolute atomic E-state index is 5.77. The zero-order chi connectivity index (χ0) is 12.8. The lowest BCUT2D eigenvalue weighted by Crippen LogP contribution is -2.24. The van der Waals surface area contributed by atoms with Crippen molar-refractivity contribution in [1.82, 2.24) is 0 Å². The molecule has 1 atom stereocenters. The molecule has 1 aromatic carbocycles. The topological polar surface area (TPSA) is 18.5 Å². The minimum absolute atomic E-state index is 0.0766. The predicted molar refractivity (Wildman–Crippen MR) is 74.0 cm³/mol. The molecule has 0 spiro atoms. The van der Waals surface area contributed by atoms with E-state index >= 15 is 0 Å². The minimum Gasteiger partial charge on any atom is -0.465 e. The molecule has 0 N–H and O–H groups in total. The van der Waals surface area contributed by atoms with Crippen LogP contribution in [0.15, 0.2) is 35.9 Å². The zero-order valence-electron chi connectivity index (χ0n) is 10.5. The SMILES string of the molecule is C=C(Cl)CCc1ccc(O[C@H]2CCCCO2)cc1. The summed E-state index contributed by atoms with van der Waals surface area (Å²) in [7, 11) is 0. The number of benzene rings is 1. The highest BCUT2D eigenvalue weighted by Gasteiger charge is 2.14. The van der Waals surface area contributed by atoms with Crippen molar-refractivity contribution in [2.24, 2.45) is 0 Å². The first-order valence-corrected chi connectivity index (χ1v) is 6.82. The fourth-order valence-electron chi connectivity index (χ4n) is 1.97. The third-order valence-electron chi connectivity index (χ3n) is 3.01. The van der Waals surface area contributed by atoms with E-state index in [1.807, 2.05) is 12.1 Å². The molecule has 1 aliphatic rings. The van der Waals surface area contributed by atoms with Crippen LogP contribution < -0.4 is 4.74 Å². The molecule has 0 saturated carbocycles. The average Bonchev–Trinajstić information content (AvgIpc) is 2.39. The van der Waals surface area contributed by atoms with Crippen LogP contribution in [0.1, 0.15) is 31.2 Å². The first-order chi connectivity index (χ1) is 8.74. The van der Waals surface area contributed by atoms with Gasteiger partial charge in [0.15, 0.2) is 6.29 Å². The summed E-state index contributed by atoms with van der Waals surface area (Å²) in [5.41, 5.74) is 1.24. The molecule has 1 aliphatic heterocycles. The number of halogens is 1. The molecule has 0 aromatic heterocycles. The second kappa shape index (κ2) is 6.81. The second-order valence-corrected chi connectivity index (χ2v) is 5.11. The van der Waals surface area contributed by atoms with E-state index in [1.54, 1.807) is 0 Å². The Hall–Kier alpha value is -0.990. The Morgan fingerprint density at radius 1 is 1.33 bits per heavy atom. The van der Waals surface area contributed by atoms with Crippen molar-refractivity contribution in [3.8, 4) is 5.75 Å². The maximum Gasteiger partial charge on any atom is 0.199 e. The van der Waals surface area contributed by atoms with Gasteiger partial charge in [-0.1, -0.05) is 30.3 Å². The van der Waals surface area contributed by atoms with Gasteiger partial charge in [-0.2, -0.15) is 0 Å². The van der Waals surface area contributed by atoms with E-state index in [0.29, 0.717) is 5.03 Å². The van der Waals surface area contributed by atoms with Gasteiger partial charge in [-0.3, -0.25) is 0 Å². The number of rotatable bonds is 5. The lowest BCUT2D eigenvalue weighted by Gasteiger charge is -2.23. The van der Waals surface area contributed by atoms with Crippen LogP contribution in [0.3, 0.4) is 0 Å². The molecule has 1 saturated heterocycles. The van der Waals surface area contributed by atoms with Crippen molar-refractivity contribution in [1.29, 1.82) is 0 Å². The van der Waals surface area contributed by atoms with Gasteiger partial charge >= 0.3 is 0 Å². The Balaban J connectivity index is 1.84. The fraction of sp³-hybridized carbons (Fsp3) is 0.467. The molecule has 3 heteroatoms. The maximum atomic E-state index is 5.77. The van der Waals surface area contributed by atoms with Crippen molar-refractivity contribution in [2.45, 2.75) is 38.4 Å². The van der Waals surface area contributed by atoms with Crippen LogP contribution in [0.25, 0.3) is 0 Å². The summed E-state index contributed by atoms with van der Waals surface area (Å²) in [5, 5.41) is 0.700. The average molecular weight is 267 g/mol. The molecular formula is C15H19ClO2. The smallest absolute Gasteiger partial charge is 0.199 e. The Morgan fingerprint density at radius 3 is 2.72 bits per heavy atom. The first kappa shape index (κ1) is 13.4. The van der Waals surface area contributed by atoms with Crippen LogP contribution in [0.5, 0.6) is 5.75 Å². The second-order valence-electron chi connectivity index (χ2n) is 4.58. The van der Waals surface area contributed by atoms with E-state index in [-0.39, 0.29) is 6.29 Å². The van der Waals surface area contributed by atoms with Crippen molar-refractivity contribution in [3.63, 3.8) is 0 Å². The molecule has 0 amide bonds. The van der Waals surface area contributed by atoms with Gasteiger partial charge < -0.3 is 9.47 Å². The summed E-state index contributed by atoms with van der Waals surface area (Å²) in [6.07, 6.45) is 4.96. The molecular weight excluding hydrogens is 248 g/mol. The summed E-state index contributed by atoms with van der Waals surface area (Å²) >= 11 is 5.75. The zero-order valence-corrected chi connectivity index (χ0v) is 11.3.